The number of para-hydroxylation sites is 2. The predicted molar refractivity (Wildman–Crippen MR) is 79.6 cm³/mol. The van der Waals surface area contributed by atoms with Crippen LogP contribution in [0.15, 0.2) is 54.6 Å². The molecular formula is C15H17N3O2. The van der Waals surface area contributed by atoms with Crippen molar-refractivity contribution in [2.24, 2.45) is 5.73 Å². The van der Waals surface area contributed by atoms with E-state index < -0.39 is 0 Å². The summed E-state index contributed by atoms with van der Waals surface area (Å²) in [5.41, 5.74) is 7.44. The number of nitro groups is 1. The minimum absolute atomic E-state index is 0.108. The Bertz CT molecular complexity index is 572. The molecular weight excluding hydrogens is 254 g/mol. The fraction of sp³-hybridized carbons (Fsp3) is 0.200. The lowest BCUT2D eigenvalue weighted by Crippen LogP contribution is -2.29. The van der Waals surface area contributed by atoms with Crippen molar-refractivity contribution in [3.8, 4) is 0 Å². The number of hydrogen-bond acceptors (Lipinski definition) is 4. The molecule has 2 aromatic carbocycles. The van der Waals surface area contributed by atoms with E-state index in [1.165, 1.54) is 6.07 Å². The van der Waals surface area contributed by atoms with Gasteiger partial charge in [0.25, 0.3) is 5.69 Å². The van der Waals surface area contributed by atoms with Gasteiger partial charge in [-0.3, -0.25) is 10.1 Å². The topological polar surface area (TPSA) is 72.4 Å². The first kappa shape index (κ1) is 14.0. The Morgan fingerprint density at radius 3 is 2.35 bits per heavy atom. The molecule has 0 bridgehead atoms. The van der Waals surface area contributed by atoms with Gasteiger partial charge in [0.1, 0.15) is 5.69 Å². The van der Waals surface area contributed by atoms with Gasteiger partial charge in [0.2, 0.25) is 0 Å². The molecule has 0 aliphatic rings. The van der Waals surface area contributed by atoms with Gasteiger partial charge in [-0.25, -0.2) is 0 Å². The fourth-order valence-corrected chi connectivity index (χ4v) is 2.13. The Labute approximate surface area is 117 Å². The fourth-order valence-electron chi connectivity index (χ4n) is 2.13. The van der Waals surface area contributed by atoms with Crippen molar-refractivity contribution < 1.29 is 4.92 Å². The van der Waals surface area contributed by atoms with E-state index in [4.69, 9.17) is 5.73 Å². The largest absolute Gasteiger partial charge is 0.360 e. The zero-order valence-corrected chi connectivity index (χ0v) is 11.1. The van der Waals surface area contributed by atoms with Crippen LogP contribution in [0.4, 0.5) is 11.4 Å². The standard InChI is InChI=1S/C15H17N3O2/c16-10-11-17(12-13-6-2-1-3-7-13)14-8-4-5-9-15(14)18(19)20/h1-9H,10-12,16H2. The number of anilines is 1. The van der Waals surface area contributed by atoms with Crippen molar-refractivity contribution in [3.63, 3.8) is 0 Å². The van der Waals surface area contributed by atoms with Crippen LogP contribution in [0.2, 0.25) is 0 Å². The van der Waals surface area contributed by atoms with E-state index in [1.807, 2.05) is 35.2 Å². The van der Waals surface area contributed by atoms with Crippen LogP contribution in [-0.4, -0.2) is 18.0 Å². The maximum atomic E-state index is 11.1. The van der Waals surface area contributed by atoms with Crippen molar-refractivity contribution in [3.05, 3.63) is 70.3 Å². The molecule has 2 N–H and O–H groups in total. The van der Waals surface area contributed by atoms with E-state index in [0.717, 1.165) is 5.56 Å². The molecule has 104 valence electrons. The number of nitrogens with two attached hydrogens (primary N) is 1. The maximum absolute atomic E-state index is 11.1. The molecule has 0 unspecified atom stereocenters. The molecule has 0 saturated heterocycles. The van der Waals surface area contributed by atoms with Crippen LogP contribution in [0.5, 0.6) is 0 Å². The molecule has 0 aromatic heterocycles. The number of nitrogens with zero attached hydrogens (tertiary/aromatic N) is 2. The highest BCUT2D eigenvalue weighted by Crippen LogP contribution is 2.28. The Balaban J connectivity index is 2.31. The predicted octanol–water partition coefficient (Wildman–Crippen LogP) is 2.56. The second-order valence-electron chi connectivity index (χ2n) is 4.44. The lowest BCUT2D eigenvalue weighted by atomic mass is 10.2. The number of rotatable bonds is 6. The zero-order valence-electron chi connectivity index (χ0n) is 11.1. The smallest absolute Gasteiger partial charge is 0.292 e. The van der Waals surface area contributed by atoms with Gasteiger partial charge in [0.15, 0.2) is 0 Å². The van der Waals surface area contributed by atoms with Crippen LogP contribution in [-0.2, 0) is 6.54 Å². The van der Waals surface area contributed by atoms with Crippen LogP contribution >= 0.6 is 0 Å². The minimum atomic E-state index is -0.357. The monoisotopic (exact) mass is 271 g/mol. The van der Waals surface area contributed by atoms with E-state index in [0.29, 0.717) is 25.3 Å². The van der Waals surface area contributed by atoms with Crippen molar-refractivity contribution in [2.45, 2.75) is 6.54 Å². The molecule has 0 aliphatic heterocycles. The molecule has 2 aromatic rings. The van der Waals surface area contributed by atoms with Crippen LogP contribution in [0.3, 0.4) is 0 Å². The Morgan fingerprint density at radius 1 is 1.05 bits per heavy atom. The van der Waals surface area contributed by atoms with Gasteiger partial charge in [-0.2, -0.15) is 0 Å². The summed E-state index contributed by atoms with van der Waals surface area (Å²) in [7, 11) is 0. The second kappa shape index (κ2) is 6.68. The zero-order chi connectivity index (χ0) is 14.4. The SMILES string of the molecule is NCCN(Cc1ccccc1)c1ccccc1[N+](=O)[O-]. The molecule has 0 spiro atoms. The molecule has 5 nitrogen and oxygen atoms in total. The summed E-state index contributed by atoms with van der Waals surface area (Å²) in [6.45, 7) is 1.61. The third-order valence-corrected chi connectivity index (χ3v) is 3.03. The van der Waals surface area contributed by atoms with Crippen molar-refractivity contribution >= 4 is 11.4 Å². The highest BCUT2D eigenvalue weighted by Gasteiger charge is 2.18. The Kier molecular flexibility index (Phi) is 4.68. The normalized spacial score (nSPS) is 10.2. The van der Waals surface area contributed by atoms with E-state index in [2.05, 4.69) is 0 Å². The van der Waals surface area contributed by atoms with Gasteiger partial charge in [-0.15, -0.1) is 0 Å². The van der Waals surface area contributed by atoms with Crippen LogP contribution in [0.1, 0.15) is 5.56 Å². The van der Waals surface area contributed by atoms with E-state index >= 15 is 0 Å². The summed E-state index contributed by atoms with van der Waals surface area (Å²) in [5.74, 6) is 0. The Hall–Kier alpha value is -2.40. The number of nitro benzene ring substituents is 1. The molecule has 0 amide bonds. The minimum Gasteiger partial charge on any atom is -0.360 e. The molecule has 0 aliphatic carbocycles. The molecule has 0 heterocycles. The average Bonchev–Trinajstić information content (AvgIpc) is 2.48. The van der Waals surface area contributed by atoms with E-state index in [9.17, 15) is 10.1 Å². The summed E-state index contributed by atoms with van der Waals surface area (Å²) < 4.78 is 0. The molecule has 0 radical (unpaired) electrons. The van der Waals surface area contributed by atoms with Gasteiger partial charge in [-0.1, -0.05) is 42.5 Å². The summed E-state index contributed by atoms with van der Waals surface area (Å²) in [5, 5.41) is 11.1. The van der Waals surface area contributed by atoms with Gasteiger partial charge in [0, 0.05) is 25.7 Å². The summed E-state index contributed by atoms with van der Waals surface area (Å²) in [6.07, 6.45) is 0. The van der Waals surface area contributed by atoms with Gasteiger partial charge < -0.3 is 10.6 Å². The first-order valence-corrected chi connectivity index (χ1v) is 6.44. The summed E-state index contributed by atoms with van der Waals surface area (Å²) in [6, 6.07) is 16.6. The maximum Gasteiger partial charge on any atom is 0.292 e. The van der Waals surface area contributed by atoms with Crippen molar-refractivity contribution in [1.29, 1.82) is 0 Å². The molecule has 0 fully saturated rings. The van der Waals surface area contributed by atoms with Crippen LogP contribution in [0.25, 0.3) is 0 Å². The van der Waals surface area contributed by atoms with E-state index in [-0.39, 0.29) is 10.6 Å². The van der Waals surface area contributed by atoms with E-state index in [1.54, 1.807) is 18.2 Å². The average molecular weight is 271 g/mol. The third kappa shape index (κ3) is 3.33. The van der Waals surface area contributed by atoms with Crippen molar-refractivity contribution in [2.75, 3.05) is 18.0 Å². The lowest BCUT2D eigenvalue weighted by molar-refractivity contribution is -0.384. The molecule has 2 rings (SSSR count). The number of benzene rings is 2. The van der Waals surface area contributed by atoms with Gasteiger partial charge in [-0.05, 0) is 11.6 Å². The first-order valence-electron chi connectivity index (χ1n) is 6.44. The Morgan fingerprint density at radius 2 is 1.70 bits per heavy atom. The first-order chi connectivity index (χ1) is 9.72. The lowest BCUT2D eigenvalue weighted by Gasteiger charge is -2.24. The highest BCUT2D eigenvalue weighted by atomic mass is 16.6. The molecule has 0 atom stereocenters. The quantitative estimate of drug-likeness (QED) is 0.647. The van der Waals surface area contributed by atoms with Crippen LogP contribution in [0, 0.1) is 10.1 Å². The highest BCUT2D eigenvalue weighted by molar-refractivity contribution is 5.63. The molecule has 5 heteroatoms. The second-order valence-corrected chi connectivity index (χ2v) is 4.44. The summed E-state index contributed by atoms with van der Waals surface area (Å²) >= 11 is 0. The van der Waals surface area contributed by atoms with Gasteiger partial charge in [0.05, 0.1) is 4.92 Å². The molecule has 0 saturated carbocycles. The third-order valence-electron chi connectivity index (χ3n) is 3.03. The molecule has 20 heavy (non-hydrogen) atoms. The van der Waals surface area contributed by atoms with Crippen LogP contribution < -0.4 is 10.6 Å². The number of hydrogen-bond donors (Lipinski definition) is 1. The summed E-state index contributed by atoms with van der Waals surface area (Å²) in [4.78, 5) is 12.7. The van der Waals surface area contributed by atoms with Crippen molar-refractivity contribution in [1.82, 2.24) is 0 Å². The van der Waals surface area contributed by atoms with Gasteiger partial charge >= 0.3 is 0 Å².